The van der Waals surface area contributed by atoms with E-state index in [1.165, 1.54) is 7.11 Å². The fourth-order valence-electron chi connectivity index (χ4n) is 1.47. The van der Waals surface area contributed by atoms with Gasteiger partial charge in [0.15, 0.2) is 0 Å². The lowest BCUT2D eigenvalue weighted by molar-refractivity contribution is -0.142. The van der Waals surface area contributed by atoms with Gasteiger partial charge in [-0.15, -0.1) is 0 Å². The second-order valence-corrected chi connectivity index (χ2v) is 4.51. The summed E-state index contributed by atoms with van der Waals surface area (Å²) in [4.78, 5) is 11.8. The van der Waals surface area contributed by atoms with Gasteiger partial charge in [-0.25, -0.2) is 0 Å². The first-order valence-corrected chi connectivity index (χ1v) is 5.04. The van der Waals surface area contributed by atoms with E-state index in [2.05, 4.69) is 5.32 Å². The smallest absolute Gasteiger partial charge is 0.252 e. The third-order valence-corrected chi connectivity index (χ3v) is 3.14. The maximum Gasteiger partial charge on any atom is 0.252 e. The molecule has 0 aromatic carbocycles. The van der Waals surface area contributed by atoms with E-state index in [4.69, 9.17) is 10.5 Å². The number of rotatable bonds is 4. The van der Waals surface area contributed by atoms with Crippen LogP contribution in [0.5, 0.6) is 0 Å². The fourth-order valence-corrected chi connectivity index (χ4v) is 1.47. The summed E-state index contributed by atoms with van der Waals surface area (Å²) in [5, 5.41) is 2.98. The van der Waals surface area contributed by atoms with Gasteiger partial charge in [0.05, 0.1) is 5.54 Å². The van der Waals surface area contributed by atoms with Crippen LogP contribution >= 0.6 is 0 Å². The minimum atomic E-state index is -0.766. The van der Waals surface area contributed by atoms with E-state index in [0.717, 1.165) is 19.3 Å². The zero-order valence-electron chi connectivity index (χ0n) is 9.22. The van der Waals surface area contributed by atoms with E-state index < -0.39 is 5.60 Å². The minimum Gasteiger partial charge on any atom is -0.369 e. The molecule has 1 fully saturated rings. The van der Waals surface area contributed by atoms with E-state index in [1.54, 1.807) is 13.8 Å². The van der Waals surface area contributed by atoms with Gasteiger partial charge in [0.25, 0.3) is 5.91 Å². The van der Waals surface area contributed by atoms with Crippen LogP contribution < -0.4 is 11.1 Å². The van der Waals surface area contributed by atoms with Crippen molar-refractivity contribution in [3.8, 4) is 0 Å². The highest BCUT2D eigenvalue weighted by Gasteiger charge is 2.40. The quantitative estimate of drug-likeness (QED) is 0.691. The lowest BCUT2D eigenvalue weighted by Gasteiger charge is -2.43. The van der Waals surface area contributed by atoms with Crippen LogP contribution in [0.2, 0.25) is 0 Å². The zero-order chi connectivity index (χ0) is 10.8. The monoisotopic (exact) mass is 200 g/mol. The third-order valence-electron chi connectivity index (χ3n) is 3.14. The Bertz CT molecular complexity index is 217. The van der Waals surface area contributed by atoms with E-state index in [0.29, 0.717) is 6.54 Å². The van der Waals surface area contributed by atoms with Gasteiger partial charge in [0.2, 0.25) is 0 Å². The van der Waals surface area contributed by atoms with Crippen molar-refractivity contribution in [3.63, 3.8) is 0 Å². The van der Waals surface area contributed by atoms with Crippen LogP contribution in [0.25, 0.3) is 0 Å². The summed E-state index contributed by atoms with van der Waals surface area (Å²) in [6.45, 7) is 4.02. The van der Waals surface area contributed by atoms with Gasteiger partial charge in [-0.1, -0.05) is 0 Å². The summed E-state index contributed by atoms with van der Waals surface area (Å²) in [5.41, 5.74) is 4.72. The summed E-state index contributed by atoms with van der Waals surface area (Å²) in [6, 6.07) is 0. The Labute approximate surface area is 85.2 Å². The van der Waals surface area contributed by atoms with Crippen molar-refractivity contribution in [1.82, 2.24) is 5.32 Å². The van der Waals surface area contributed by atoms with E-state index in [-0.39, 0.29) is 11.4 Å². The Hall–Kier alpha value is -0.610. The van der Waals surface area contributed by atoms with Crippen LogP contribution in [0.15, 0.2) is 0 Å². The first-order valence-electron chi connectivity index (χ1n) is 5.04. The van der Waals surface area contributed by atoms with Gasteiger partial charge in [-0.2, -0.15) is 0 Å². The van der Waals surface area contributed by atoms with Gasteiger partial charge in [-0.05, 0) is 33.1 Å². The van der Waals surface area contributed by atoms with Crippen molar-refractivity contribution < 1.29 is 9.53 Å². The molecule has 3 N–H and O–H groups in total. The van der Waals surface area contributed by atoms with Gasteiger partial charge in [0.1, 0.15) is 5.60 Å². The molecular weight excluding hydrogens is 180 g/mol. The average Bonchev–Trinajstić information content (AvgIpc) is 2.10. The lowest BCUT2D eigenvalue weighted by atomic mass is 9.76. The van der Waals surface area contributed by atoms with Crippen molar-refractivity contribution in [1.29, 1.82) is 0 Å². The predicted molar refractivity (Wildman–Crippen MR) is 54.9 cm³/mol. The second kappa shape index (κ2) is 3.87. The highest BCUT2D eigenvalue weighted by molar-refractivity contribution is 5.85. The van der Waals surface area contributed by atoms with Crippen LogP contribution in [0, 0.1) is 0 Å². The van der Waals surface area contributed by atoms with Crippen LogP contribution in [-0.2, 0) is 9.53 Å². The van der Waals surface area contributed by atoms with Gasteiger partial charge >= 0.3 is 0 Å². The van der Waals surface area contributed by atoms with Crippen LogP contribution in [-0.4, -0.2) is 30.7 Å². The Kier molecular flexibility index (Phi) is 3.17. The number of nitrogens with two attached hydrogens (primary N) is 1. The molecule has 1 saturated carbocycles. The number of methoxy groups -OCH3 is 1. The highest BCUT2D eigenvalue weighted by atomic mass is 16.5. The zero-order valence-corrected chi connectivity index (χ0v) is 9.22. The normalized spacial score (nSPS) is 20.0. The number of nitrogens with one attached hydrogen (secondary N) is 1. The molecule has 1 aliphatic carbocycles. The van der Waals surface area contributed by atoms with Crippen LogP contribution in [0.4, 0.5) is 0 Å². The maximum absolute atomic E-state index is 11.8. The number of hydrogen-bond donors (Lipinski definition) is 2. The third kappa shape index (κ3) is 2.07. The molecule has 0 heterocycles. The second-order valence-electron chi connectivity index (χ2n) is 4.51. The molecule has 0 bridgehead atoms. The molecule has 0 saturated heterocycles. The molecule has 1 amide bonds. The number of ether oxygens (including phenoxy) is 1. The van der Waals surface area contributed by atoms with E-state index in [9.17, 15) is 4.79 Å². The summed E-state index contributed by atoms with van der Waals surface area (Å²) < 4.78 is 5.11. The predicted octanol–water partition coefficient (Wildman–Crippen LogP) is 0.409. The summed E-state index contributed by atoms with van der Waals surface area (Å²) >= 11 is 0. The SMILES string of the molecule is COC(C)(C)C(=O)NC1(CN)CCC1. The molecule has 4 nitrogen and oxygen atoms in total. The highest BCUT2D eigenvalue weighted by Crippen LogP contribution is 2.31. The summed E-state index contributed by atoms with van der Waals surface area (Å²) in [5.74, 6) is -0.0786. The molecule has 14 heavy (non-hydrogen) atoms. The molecule has 0 spiro atoms. The fraction of sp³-hybridized carbons (Fsp3) is 0.900. The van der Waals surface area contributed by atoms with Crippen molar-refractivity contribution in [2.24, 2.45) is 5.73 Å². The van der Waals surface area contributed by atoms with Crippen molar-refractivity contribution >= 4 is 5.91 Å². The molecule has 82 valence electrons. The van der Waals surface area contributed by atoms with Crippen molar-refractivity contribution in [2.75, 3.05) is 13.7 Å². The van der Waals surface area contributed by atoms with Crippen LogP contribution in [0.1, 0.15) is 33.1 Å². The molecule has 1 aliphatic rings. The number of carbonyl (C=O) groups is 1. The Morgan fingerprint density at radius 2 is 2.14 bits per heavy atom. The molecule has 0 aromatic heterocycles. The Balaban J connectivity index is 2.55. The van der Waals surface area contributed by atoms with Gasteiger partial charge in [0, 0.05) is 13.7 Å². The number of carbonyl (C=O) groups excluding carboxylic acids is 1. The maximum atomic E-state index is 11.8. The Morgan fingerprint density at radius 3 is 2.43 bits per heavy atom. The number of amides is 1. The first-order chi connectivity index (χ1) is 6.46. The molecule has 1 rings (SSSR count). The molecular formula is C10H20N2O2. The molecule has 0 aromatic rings. The van der Waals surface area contributed by atoms with Gasteiger partial charge < -0.3 is 15.8 Å². The standard InChI is InChI=1S/C10H20N2O2/c1-9(2,14-3)8(13)12-10(7-11)5-4-6-10/h4-7,11H2,1-3H3,(H,12,13). The molecule has 0 radical (unpaired) electrons. The topological polar surface area (TPSA) is 64.3 Å². The molecule has 0 aliphatic heterocycles. The Morgan fingerprint density at radius 1 is 1.57 bits per heavy atom. The molecule has 4 heteroatoms. The van der Waals surface area contributed by atoms with Crippen molar-refractivity contribution in [2.45, 2.75) is 44.2 Å². The average molecular weight is 200 g/mol. The molecule has 0 atom stereocenters. The lowest BCUT2D eigenvalue weighted by Crippen LogP contribution is -2.62. The molecule has 0 unspecified atom stereocenters. The van der Waals surface area contributed by atoms with E-state index in [1.807, 2.05) is 0 Å². The van der Waals surface area contributed by atoms with Crippen LogP contribution in [0.3, 0.4) is 0 Å². The summed E-state index contributed by atoms with van der Waals surface area (Å²) in [7, 11) is 1.54. The van der Waals surface area contributed by atoms with Gasteiger partial charge in [-0.3, -0.25) is 4.79 Å². The first kappa shape index (κ1) is 11.5. The largest absolute Gasteiger partial charge is 0.369 e. The van der Waals surface area contributed by atoms with Crippen molar-refractivity contribution in [3.05, 3.63) is 0 Å². The minimum absolute atomic E-state index is 0.0786. The van der Waals surface area contributed by atoms with E-state index >= 15 is 0 Å². The number of hydrogen-bond acceptors (Lipinski definition) is 3. The summed E-state index contributed by atoms with van der Waals surface area (Å²) in [6.07, 6.45) is 3.11.